The molecule has 0 heterocycles. The Labute approximate surface area is 253 Å². The molecule has 0 aliphatic carbocycles. The first-order chi connectivity index (χ1) is 19.3. The molecule has 8 heteroatoms. The van der Waals surface area contributed by atoms with Crippen LogP contribution in [0.5, 0.6) is 5.75 Å². The van der Waals surface area contributed by atoms with Crippen molar-refractivity contribution in [2.45, 2.75) is 45.3 Å². The number of hydrogen-bond acceptors (Lipinski definition) is 3. The highest BCUT2D eigenvalue weighted by atomic mass is 79.9. The first kappa shape index (κ1) is 29.9. The van der Waals surface area contributed by atoms with Gasteiger partial charge in [-0.3, -0.25) is 9.59 Å². The molecule has 2 amide bonds. The number of fused-ring (bicyclic) bond motifs is 1. The van der Waals surface area contributed by atoms with Gasteiger partial charge in [-0.2, -0.15) is 0 Å². The molecule has 0 unspecified atom stereocenters. The number of carbonyl (C=O) groups is 2. The van der Waals surface area contributed by atoms with Gasteiger partial charge in [0.05, 0.1) is 4.47 Å². The molecular weight excluding hydrogens is 611 g/mol. The minimum Gasteiger partial charge on any atom is -0.483 e. The number of halogens is 3. The number of nitrogens with one attached hydrogen (secondary N) is 1. The van der Waals surface area contributed by atoms with E-state index in [0.717, 1.165) is 27.2 Å². The van der Waals surface area contributed by atoms with E-state index in [0.29, 0.717) is 27.8 Å². The van der Waals surface area contributed by atoms with E-state index in [1.165, 1.54) is 4.90 Å². The fourth-order valence-electron chi connectivity index (χ4n) is 4.40. The molecule has 4 aromatic carbocycles. The molecule has 0 aromatic heterocycles. The van der Waals surface area contributed by atoms with Crippen LogP contribution >= 0.6 is 39.1 Å². The minimum absolute atomic E-state index is 0.0466. The molecule has 40 heavy (non-hydrogen) atoms. The molecule has 2 atom stereocenters. The molecular formula is C32H31BrCl2N2O3. The van der Waals surface area contributed by atoms with Crippen LogP contribution in [0.3, 0.4) is 0 Å². The topological polar surface area (TPSA) is 58.6 Å². The second kappa shape index (κ2) is 14.0. The molecule has 0 fully saturated rings. The standard InChI is InChI=1S/C32H31BrCl2N2O3/c1-3-21(2)36-32(39)28(18-22-10-5-4-6-11-22)37(19-25-26(34)14-9-15-27(25)35)30(38)20-40-29-17-16-23-12-7-8-13-24(23)31(29)33/h4-17,21,28H,3,18-20H2,1-2H3,(H,36,39)/t21-,28-/m1/s1. The number of carbonyl (C=O) groups excluding carboxylic acids is 2. The maximum atomic E-state index is 13.9. The highest BCUT2D eigenvalue weighted by Gasteiger charge is 2.32. The van der Waals surface area contributed by atoms with Crippen molar-refractivity contribution in [3.05, 3.63) is 111 Å². The Hall–Kier alpha value is -3.06. The Balaban J connectivity index is 1.68. The van der Waals surface area contributed by atoms with Crippen molar-refractivity contribution in [1.29, 1.82) is 0 Å². The van der Waals surface area contributed by atoms with E-state index < -0.39 is 6.04 Å². The van der Waals surface area contributed by atoms with Crippen LogP contribution in [0.4, 0.5) is 0 Å². The van der Waals surface area contributed by atoms with Gasteiger partial charge in [-0.25, -0.2) is 0 Å². The van der Waals surface area contributed by atoms with Gasteiger partial charge in [0.25, 0.3) is 5.91 Å². The average molecular weight is 642 g/mol. The molecule has 5 nitrogen and oxygen atoms in total. The van der Waals surface area contributed by atoms with Crippen LogP contribution in [-0.2, 0) is 22.6 Å². The summed E-state index contributed by atoms with van der Waals surface area (Å²) >= 11 is 16.7. The Morgan fingerprint density at radius 3 is 2.30 bits per heavy atom. The molecule has 1 N–H and O–H groups in total. The Bertz CT molecular complexity index is 1460. The van der Waals surface area contributed by atoms with Crippen molar-refractivity contribution in [3.63, 3.8) is 0 Å². The summed E-state index contributed by atoms with van der Waals surface area (Å²) in [6.07, 6.45) is 1.07. The van der Waals surface area contributed by atoms with E-state index in [2.05, 4.69) is 21.2 Å². The molecule has 0 spiro atoms. The van der Waals surface area contributed by atoms with Crippen molar-refractivity contribution >= 4 is 61.7 Å². The summed E-state index contributed by atoms with van der Waals surface area (Å²) in [6.45, 7) is 3.71. The fourth-order valence-corrected chi connectivity index (χ4v) is 5.52. The van der Waals surface area contributed by atoms with Gasteiger partial charge in [0.1, 0.15) is 11.8 Å². The van der Waals surface area contributed by atoms with Gasteiger partial charge in [-0.05, 0) is 63.8 Å². The van der Waals surface area contributed by atoms with Crippen molar-refractivity contribution < 1.29 is 14.3 Å². The van der Waals surface area contributed by atoms with Crippen LogP contribution in [0.1, 0.15) is 31.4 Å². The third kappa shape index (κ3) is 7.36. The van der Waals surface area contributed by atoms with E-state index in [1.54, 1.807) is 18.2 Å². The lowest BCUT2D eigenvalue weighted by Crippen LogP contribution is -2.53. The van der Waals surface area contributed by atoms with Crippen molar-refractivity contribution in [2.75, 3.05) is 6.61 Å². The third-order valence-corrected chi connectivity index (χ3v) is 8.37. The maximum Gasteiger partial charge on any atom is 0.261 e. The quantitative estimate of drug-likeness (QED) is 0.181. The number of rotatable bonds is 11. The van der Waals surface area contributed by atoms with Crippen LogP contribution < -0.4 is 10.1 Å². The SMILES string of the molecule is CC[C@@H](C)NC(=O)[C@@H](Cc1ccccc1)N(Cc1c(Cl)cccc1Cl)C(=O)COc1ccc2ccccc2c1Br. The van der Waals surface area contributed by atoms with Crippen molar-refractivity contribution in [3.8, 4) is 5.75 Å². The largest absolute Gasteiger partial charge is 0.483 e. The van der Waals surface area contributed by atoms with Crippen LogP contribution in [0.25, 0.3) is 10.8 Å². The number of ether oxygens (including phenoxy) is 1. The van der Waals surface area contributed by atoms with Gasteiger partial charge in [-0.1, -0.05) is 96.9 Å². The number of amides is 2. The van der Waals surface area contributed by atoms with Gasteiger partial charge in [-0.15, -0.1) is 0 Å². The molecule has 0 aliphatic rings. The van der Waals surface area contributed by atoms with Crippen molar-refractivity contribution in [2.24, 2.45) is 0 Å². The summed E-state index contributed by atoms with van der Waals surface area (Å²) in [4.78, 5) is 29.1. The Morgan fingerprint density at radius 1 is 0.925 bits per heavy atom. The second-order valence-electron chi connectivity index (χ2n) is 9.63. The summed E-state index contributed by atoms with van der Waals surface area (Å²) in [7, 11) is 0. The zero-order valence-electron chi connectivity index (χ0n) is 22.4. The third-order valence-electron chi connectivity index (χ3n) is 6.84. The lowest BCUT2D eigenvalue weighted by Gasteiger charge is -2.32. The predicted octanol–water partition coefficient (Wildman–Crippen LogP) is 7.84. The van der Waals surface area contributed by atoms with Crippen LogP contribution in [-0.4, -0.2) is 35.4 Å². The first-order valence-electron chi connectivity index (χ1n) is 13.1. The molecule has 4 rings (SSSR count). The second-order valence-corrected chi connectivity index (χ2v) is 11.2. The summed E-state index contributed by atoms with van der Waals surface area (Å²) < 4.78 is 6.79. The molecule has 0 saturated carbocycles. The predicted molar refractivity (Wildman–Crippen MR) is 166 cm³/mol. The van der Waals surface area contributed by atoms with E-state index in [9.17, 15) is 9.59 Å². The van der Waals surface area contributed by atoms with Gasteiger partial charge >= 0.3 is 0 Å². The van der Waals surface area contributed by atoms with E-state index in [4.69, 9.17) is 27.9 Å². The number of hydrogen-bond donors (Lipinski definition) is 1. The number of nitrogens with zero attached hydrogens (tertiary/aromatic N) is 1. The van der Waals surface area contributed by atoms with Crippen molar-refractivity contribution in [1.82, 2.24) is 10.2 Å². The Kier molecular flexibility index (Phi) is 10.5. The molecule has 208 valence electrons. The maximum absolute atomic E-state index is 13.9. The van der Waals surface area contributed by atoms with E-state index in [-0.39, 0.29) is 31.0 Å². The smallest absolute Gasteiger partial charge is 0.261 e. The number of benzene rings is 4. The summed E-state index contributed by atoms with van der Waals surface area (Å²) in [6, 6.07) is 25.6. The lowest BCUT2D eigenvalue weighted by molar-refractivity contribution is -0.143. The Morgan fingerprint density at radius 2 is 1.60 bits per heavy atom. The van der Waals surface area contributed by atoms with Crippen LogP contribution in [0, 0.1) is 0 Å². The molecule has 4 aromatic rings. The summed E-state index contributed by atoms with van der Waals surface area (Å²) in [5, 5.41) is 5.92. The van der Waals surface area contributed by atoms with Gasteiger partial charge in [0.2, 0.25) is 5.91 Å². The van der Waals surface area contributed by atoms with Crippen LogP contribution in [0.15, 0.2) is 89.4 Å². The molecule has 0 bridgehead atoms. The highest BCUT2D eigenvalue weighted by Crippen LogP contribution is 2.33. The van der Waals surface area contributed by atoms with Gasteiger partial charge < -0.3 is 15.0 Å². The van der Waals surface area contributed by atoms with E-state index in [1.807, 2.05) is 80.6 Å². The molecule has 0 saturated heterocycles. The summed E-state index contributed by atoms with van der Waals surface area (Å²) in [5.41, 5.74) is 1.49. The zero-order valence-corrected chi connectivity index (χ0v) is 25.5. The lowest BCUT2D eigenvalue weighted by atomic mass is 10.0. The normalized spacial score (nSPS) is 12.5. The highest BCUT2D eigenvalue weighted by molar-refractivity contribution is 9.10. The minimum atomic E-state index is -0.820. The van der Waals surface area contributed by atoms with E-state index >= 15 is 0 Å². The van der Waals surface area contributed by atoms with Crippen LogP contribution in [0.2, 0.25) is 10.0 Å². The first-order valence-corrected chi connectivity index (χ1v) is 14.7. The molecule has 0 radical (unpaired) electrons. The molecule has 0 aliphatic heterocycles. The summed E-state index contributed by atoms with van der Waals surface area (Å²) in [5.74, 6) is -0.0793. The van der Waals surface area contributed by atoms with Gasteiger partial charge in [0, 0.05) is 34.6 Å². The zero-order chi connectivity index (χ0) is 28.6. The average Bonchev–Trinajstić information content (AvgIpc) is 2.96. The monoisotopic (exact) mass is 640 g/mol. The van der Waals surface area contributed by atoms with Gasteiger partial charge in [0.15, 0.2) is 6.61 Å². The fraction of sp³-hybridized carbons (Fsp3) is 0.250.